The summed E-state index contributed by atoms with van der Waals surface area (Å²) in [4.78, 5) is 0. The van der Waals surface area contributed by atoms with Gasteiger partial charge in [-0.25, -0.2) is 0 Å². The molecule has 0 amide bonds. The summed E-state index contributed by atoms with van der Waals surface area (Å²) in [7, 11) is 0. The third-order valence-electron chi connectivity index (χ3n) is 2.67. The SMILES string of the molecule is C#CC(CC)NC(CC)c1cccc(Cl)c1. The summed E-state index contributed by atoms with van der Waals surface area (Å²) < 4.78 is 0. The lowest BCUT2D eigenvalue weighted by molar-refractivity contribution is 0.472. The van der Waals surface area contributed by atoms with Crippen LogP contribution in [0.5, 0.6) is 0 Å². The van der Waals surface area contributed by atoms with Crippen LogP contribution in [0.25, 0.3) is 0 Å². The van der Waals surface area contributed by atoms with E-state index in [2.05, 4.69) is 31.2 Å². The highest BCUT2D eigenvalue weighted by Gasteiger charge is 2.12. The minimum Gasteiger partial charge on any atom is -0.297 e. The van der Waals surface area contributed by atoms with E-state index in [-0.39, 0.29) is 12.1 Å². The molecule has 0 radical (unpaired) electrons. The maximum Gasteiger partial charge on any atom is 0.0689 e. The Hall–Kier alpha value is -0.970. The Balaban J connectivity index is 2.79. The fourth-order valence-corrected chi connectivity index (χ4v) is 1.90. The molecule has 86 valence electrons. The van der Waals surface area contributed by atoms with Gasteiger partial charge in [-0.15, -0.1) is 6.42 Å². The van der Waals surface area contributed by atoms with Crippen molar-refractivity contribution >= 4 is 11.6 Å². The molecular weight excluding hydrogens is 218 g/mol. The summed E-state index contributed by atoms with van der Waals surface area (Å²) in [6, 6.07) is 8.33. The minimum atomic E-state index is 0.129. The van der Waals surface area contributed by atoms with Crippen molar-refractivity contribution in [1.82, 2.24) is 5.32 Å². The van der Waals surface area contributed by atoms with Gasteiger partial charge >= 0.3 is 0 Å². The molecule has 2 atom stereocenters. The molecule has 0 heterocycles. The maximum atomic E-state index is 5.98. The van der Waals surface area contributed by atoms with E-state index in [1.165, 1.54) is 5.56 Å². The van der Waals surface area contributed by atoms with Gasteiger partial charge in [-0.05, 0) is 30.5 Å². The van der Waals surface area contributed by atoms with Gasteiger partial charge in [-0.3, -0.25) is 5.32 Å². The molecule has 0 saturated heterocycles. The van der Waals surface area contributed by atoms with Gasteiger partial charge in [0.1, 0.15) is 0 Å². The molecule has 0 aliphatic rings. The van der Waals surface area contributed by atoms with E-state index in [1.807, 2.05) is 18.2 Å². The molecule has 0 spiro atoms. The van der Waals surface area contributed by atoms with Gasteiger partial charge in [-0.1, -0.05) is 43.5 Å². The molecule has 0 aliphatic heterocycles. The molecule has 1 aromatic rings. The number of rotatable bonds is 5. The molecule has 1 nitrogen and oxygen atoms in total. The van der Waals surface area contributed by atoms with Crippen LogP contribution in [0.2, 0.25) is 5.02 Å². The Morgan fingerprint density at radius 2 is 2.12 bits per heavy atom. The van der Waals surface area contributed by atoms with E-state index in [0.717, 1.165) is 17.9 Å². The van der Waals surface area contributed by atoms with Gasteiger partial charge in [0.05, 0.1) is 6.04 Å². The van der Waals surface area contributed by atoms with Crippen LogP contribution in [0.3, 0.4) is 0 Å². The van der Waals surface area contributed by atoms with Crippen molar-refractivity contribution in [3.8, 4) is 12.3 Å². The first kappa shape index (κ1) is 13.1. The summed E-state index contributed by atoms with van der Waals surface area (Å²) in [5, 5.41) is 4.22. The van der Waals surface area contributed by atoms with E-state index in [9.17, 15) is 0 Å². The van der Waals surface area contributed by atoms with Crippen molar-refractivity contribution in [2.45, 2.75) is 38.8 Å². The molecule has 0 saturated carbocycles. The fraction of sp³-hybridized carbons (Fsp3) is 0.429. The average Bonchev–Trinajstić information content (AvgIpc) is 2.31. The zero-order valence-electron chi connectivity index (χ0n) is 9.83. The number of halogens is 1. The van der Waals surface area contributed by atoms with Crippen LogP contribution in [0, 0.1) is 12.3 Å². The Morgan fingerprint density at radius 1 is 1.38 bits per heavy atom. The topological polar surface area (TPSA) is 12.0 Å². The molecule has 0 aliphatic carbocycles. The van der Waals surface area contributed by atoms with Crippen molar-refractivity contribution in [2.24, 2.45) is 0 Å². The number of nitrogens with one attached hydrogen (secondary N) is 1. The lowest BCUT2D eigenvalue weighted by atomic mass is 10.0. The predicted molar refractivity (Wildman–Crippen MR) is 70.5 cm³/mol. The monoisotopic (exact) mass is 235 g/mol. The van der Waals surface area contributed by atoms with Crippen LogP contribution >= 0.6 is 11.6 Å². The lowest BCUT2D eigenvalue weighted by Gasteiger charge is -2.21. The third kappa shape index (κ3) is 3.56. The highest BCUT2D eigenvalue weighted by Crippen LogP contribution is 2.21. The highest BCUT2D eigenvalue weighted by atomic mass is 35.5. The fourth-order valence-electron chi connectivity index (χ4n) is 1.70. The number of terminal acetylenes is 1. The van der Waals surface area contributed by atoms with E-state index in [1.54, 1.807) is 0 Å². The molecular formula is C14H18ClN. The van der Waals surface area contributed by atoms with Crippen LogP contribution in [0.1, 0.15) is 38.3 Å². The molecule has 16 heavy (non-hydrogen) atoms. The normalized spacial score (nSPS) is 14.1. The average molecular weight is 236 g/mol. The molecule has 0 aromatic heterocycles. The van der Waals surface area contributed by atoms with E-state index >= 15 is 0 Å². The summed E-state index contributed by atoms with van der Waals surface area (Å²) in [6.45, 7) is 4.23. The van der Waals surface area contributed by atoms with Gasteiger partial charge in [0.15, 0.2) is 0 Å². The molecule has 2 heteroatoms. The van der Waals surface area contributed by atoms with E-state index in [0.29, 0.717) is 0 Å². The summed E-state index contributed by atoms with van der Waals surface area (Å²) in [5.41, 5.74) is 1.20. The quantitative estimate of drug-likeness (QED) is 0.766. The Labute approximate surface area is 103 Å². The summed E-state index contributed by atoms with van der Waals surface area (Å²) in [6.07, 6.45) is 7.39. The van der Waals surface area contributed by atoms with Crippen molar-refractivity contribution in [3.05, 3.63) is 34.9 Å². The second kappa shape index (κ2) is 6.58. The van der Waals surface area contributed by atoms with Gasteiger partial charge < -0.3 is 0 Å². The number of hydrogen-bond donors (Lipinski definition) is 1. The van der Waals surface area contributed by atoms with Crippen molar-refractivity contribution in [3.63, 3.8) is 0 Å². The first-order valence-corrected chi connectivity index (χ1v) is 6.06. The van der Waals surface area contributed by atoms with Crippen LogP contribution in [-0.2, 0) is 0 Å². The van der Waals surface area contributed by atoms with Crippen LogP contribution in [-0.4, -0.2) is 6.04 Å². The smallest absolute Gasteiger partial charge is 0.0689 e. The van der Waals surface area contributed by atoms with Crippen molar-refractivity contribution in [1.29, 1.82) is 0 Å². The lowest BCUT2D eigenvalue weighted by Crippen LogP contribution is -2.30. The van der Waals surface area contributed by atoms with Gasteiger partial charge in [-0.2, -0.15) is 0 Å². The highest BCUT2D eigenvalue weighted by molar-refractivity contribution is 6.30. The molecule has 1 aromatic carbocycles. The van der Waals surface area contributed by atoms with Gasteiger partial charge in [0, 0.05) is 11.1 Å². The second-order valence-corrected chi connectivity index (χ2v) is 4.25. The molecule has 1 N–H and O–H groups in total. The van der Waals surface area contributed by atoms with Gasteiger partial charge in [0.2, 0.25) is 0 Å². The number of hydrogen-bond acceptors (Lipinski definition) is 1. The van der Waals surface area contributed by atoms with Crippen molar-refractivity contribution < 1.29 is 0 Å². The van der Waals surface area contributed by atoms with E-state index in [4.69, 9.17) is 18.0 Å². The predicted octanol–water partition coefficient (Wildman–Crippen LogP) is 3.79. The van der Waals surface area contributed by atoms with Crippen molar-refractivity contribution in [2.75, 3.05) is 0 Å². The molecule has 0 fully saturated rings. The molecule has 0 bridgehead atoms. The molecule has 1 rings (SSSR count). The summed E-state index contributed by atoms with van der Waals surface area (Å²) >= 11 is 5.98. The van der Waals surface area contributed by atoms with Gasteiger partial charge in [0.25, 0.3) is 0 Å². The first-order chi connectivity index (χ1) is 7.71. The Morgan fingerprint density at radius 3 is 2.62 bits per heavy atom. The zero-order chi connectivity index (χ0) is 12.0. The Bertz CT molecular complexity index is 367. The van der Waals surface area contributed by atoms with Crippen LogP contribution < -0.4 is 5.32 Å². The third-order valence-corrected chi connectivity index (χ3v) is 2.91. The molecule has 2 unspecified atom stereocenters. The zero-order valence-corrected chi connectivity index (χ0v) is 10.6. The number of benzene rings is 1. The standard InChI is InChI=1S/C14H18ClN/c1-4-13(5-2)16-14(6-3)11-8-7-9-12(15)10-11/h1,7-10,13-14,16H,5-6H2,2-3H3. The summed E-state index contributed by atoms with van der Waals surface area (Å²) in [5.74, 6) is 2.76. The largest absolute Gasteiger partial charge is 0.297 e. The maximum absolute atomic E-state index is 5.98. The first-order valence-electron chi connectivity index (χ1n) is 5.68. The minimum absolute atomic E-state index is 0.129. The Kier molecular flexibility index (Phi) is 5.38. The second-order valence-electron chi connectivity index (χ2n) is 3.81. The van der Waals surface area contributed by atoms with E-state index < -0.39 is 0 Å². The van der Waals surface area contributed by atoms with Crippen LogP contribution in [0.15, 0.2) is 24.3 Å². The van der Waals surface area contributed by atoms with Crippen LogP contribution in [0.4, 0.5) is 0 Å².